The van der Waals surface area contributed by atoms with Gasteiger partial charge >= 0.3 is 11.9 Å². The van der Waals surface area contributed by atoms with Gasteiger partial charge in [0.2, 0.25) is 0 Å². The molecule has 0 saturated carbocycles. The second-order valence-corrected chi connectivity index (χ2v) is 7.30. The van der Waals surface area contributed by atoms with Crippen LogP contribution in [-0.2, 0) is 14.3 Å². The van der Waals surface area contributed by atoms with E-state index in [9.17, 15) is 14.4 Å². The minimum atomic E-state index is -0.682. The SMILES string of the molecule is COC(=O)c1ccc(NC(=O)COC(=O)c2sc3nc(C)cc(C)c3c2N)cc1. The lowest BCUT2D eigenvalue weighted by Crippen LogP contribution is -2.21. The van der Waals surface area contributed by atoms with Gasteiger partial charge in [-0.05, 0) is 49.7 Å². The number of nitrogen functional groups attached to an aromatic ring is 1. The monoisotopic (exact) mass is 413 g/mol. The number of aromatic nitrogens is 1. The number of aryl methyl sites for hydroxylation is 2. The van der Waals surface area contributed by atoms with Crippen molar-refractivity contribution in [1.82, 2.24) is 4.98 Å². The van der Waals surface area contributed by atoms with Crippen LogP contribution in [0.5, 0.6) is 0 Å². The third kappa shape index (κ3) is 4.35. The summed E-state index contributed by atoms with van der Waals surface area (Å²) in [7, 11) is 1.29. The van der Waals surface area contributed by atoms with Gasteiger partial charge in [0.15, 0.2) is 6.61 Å². The highest BCUT2D eigenvalue weighted by atomic mass is 32.1. The number of benzene rings is 1. The van der Waals surface area contributed by atoms with Crippen molar-refractivity contribution in [3.05, 3.63) is 52.0 Å². The Kier molecular flexibility index (Phi) is 5.79. The molecule has 0 atom stereocenters. The number of nitrogens with one attached hydrogen (secondary N) is 1. The van der Waals surface area contributed by atoms with Crippen LogP contribution < -0.4 is 11.1 Å². The van der Waals surface area contributed by atoms with Crippen molar-refractivity contribution < 1.29 is 23.9 Å². The molecule has 8 nitrogen and oxygen atoms in total. The van der Waals surface area contributed by atoms with E-state index in [1.54, 1.807) is 12.1 Å². The van der Waals surface area contributed by atoms with Crippen molar-refractivity contribution in [3.8, 4) is 0 Å². The zero-order chi connectivity index (χ0) is 21.1. The second-order valence-electron chi connectivity index (χ2n) is 6.30. The summed E-state index contributed by atoms with van der Waals surface area (Å²) in [6.45, 7) is 3.28. The average molecular weight is 413 g/mol. The van der Waals surface area contributed by atoms with Gasteiger partial charge < -0.3 is 20.5 Å². The van der Waals surface area contributed by atoms with E-state index in [4.69, 9.17) is 10.5 Å². The van der Waals surface area contributed by atoms with Gasteiger partial charge in [0.1, 0.15) is 9.71 Å². The molecule has 3 aromatic rings. The molecule has 29 heavy (non-hydrogen) atoms. The second kappa shape index (κ2) is 8.27. The van der Waals surface area contributed by atoms with Crippen LogP contribution in [0.1, 0.15) is 31.3 Å². The number of carbonyl (C=O) groups is 3. The first-order valence-corrected chi connectivity index (χ1v) is 9.43. The number of anilines is 2. The lowest BCUT2D eigenvalue weighted by molar-refractivity contribution is -0.119. The molecule has 0 spiro atoms. The van der Waals surface area contributed by atoms with Gasteiger partial charge in [-0.2, -0.15) is 0 Å². The van der Waals surface area contributed by atoms with Gasteiger partial charge in [-0.15, -0.1) is 11.3 Å². The Hall–Kier alpha value is -3.46. The Morgan fingerprint density at radius 3 is 2.48 bits per heavy atom. The fourth-order valence-corrected chi connectivity index (χ4v) is 3.93. The lowest BCUT2D eigenvalue weighted by atomic mass is 10.1. The van der Waals surface area contributed by atoms with Crippen LogP contribution in [0, 0.1) is 13.8 Å². The maximum Gasteiger partial charge on any atom is 0.351 e. The first-order chi connectivity index (χ1) is 13.8. The number of amides is 1. The van der Waals surface area contributed by atoms with Crippen LogP contribution in [0.25, 0.3) is 10.2 Å². The van der Waals surface area contributed by atoms with Gasteiger partial charge in [0.05, 0.1) is 18.4 Å². The standard InChI is InChI=1S/C20H19N3O5S/c1-10-8-11(2)22-18-15(10)16(21)17(29-18)20(26)28-9-14(24)23-13-6-4-12(5-7-13)19(25)27-3/h4-8H,9,21H2,1-3H3,(H,23,24). The first-order valence-electron chi connectivity index (χ1n) is 8.61. The molecular formula is C20H19N3O5S. The summed E-state index contributed by atoms with van der Waals surface area (Å²) in [5.74, 6) is -1.68. The molecule has 0 bridgehead atoms. The zero-order valence-corrected chi connectivity index (χ0v) is 16.9. The molecule has 3 N–H and O–H groups in total. The van der Waals surface area contributed by atoms with Gasteiger partial charge in [-0.25, -0.2) is 14.6 Å². The molecule has 2 aromatic heterocycles. The van der Waals surface area contributed by atoms with Crippen LogP contribution >= 0.6 is 11.3 Å². The summed E-state index contributed by atoms with van der Waals surface area (Å²) < 4.78 is 9.71. The number of nitrogens with zero attached hydrogens (tertiary/aromatic N) is 1. The molecule has 9 heteroatoms. The van der Waals surface area contributed by atoms with Crippen molar-refractivity contribution in [2.45, 2.75) is 13.8 Å². The summed E-state index contributed by atoms with van der Waals surface area (Å²) in [5, 5.41) is 3.31. The van der Waals surface area contributed by atoms with Gasteiger partial charge in [-0.3, -0.25) is 4.79 Å². The fraction of sp³-hybridized carbons (Fsp3) is 0.200. The molecule has 0 fully saturated rings. The Balaban J connectivity index is 1.64. The maximum atomic E-state index is 12.4. The van der Waals surface area contributed by atoms with Crippen molar-refractivity contribution in [1.29, 1.82) is 0 Å². The lowest BCUT2D eigenvalue weighted by Gasteiger charge is -2.07. The first kappa shape index (κ1) is 20.3. The molecule has 1 amide bonds. The number of ether oxygens (including phenoxy) is 2. The number of carbonyl (C=O) groups excluding carboxylic acids is 3. The quantitative estimate of drug-likeness (QED) is 0.617. The van der Waals surface area contributed by atoms with E-state index in [-0.39, 0.29) is 4.88 Å². The van der Waals surface area contributed by atoms with E-state index in [1.807, 2.05) is 19.9 Å². The molecule has 1 aromatic carbocycles. The highest BCUT2D eigenvalue weighted by Gasteiger charge is 2.21. The van der Waals surface area contributed by atoms with E-state index < -0.39 is 24.5 Å². The molecule has 3 rings (SSSR count). The van der Waals surface area contributed by atoms with E-state index in [2.05, 4.69) is 15.0 Å². The summed E-state index contributed by atoms with van der Waals surface area (Å²) in [5.41, 5.74) is 8.97. The van der Waals surface area contributed by atoms with Crippen LogP contribution in [0.3, 0.4) is 0 Å². The highest BCUT2D eigenvalue weighted by molar-refractivity contribution is 7.21. The van der Waals surface area contributed by atoms with Crippen LogP contribution in [0.2, 0.25) is 0 Å². The minimum Gasteiger partial charge on any atom is -0.465 e. The number of hydrogen-bond acceptors (Lipinski definition) is 8. The summed E-state index contributed by atoms with van der Waals surface area (Å²) in [6.07, 6.45) is 0. The fourth-order valence-electron chi connectivity index (χ4n) is 2.82. The minimum absolute atomic E-state index is 0.219. The van der Waals surface area contributed by atoms with Crippen molar-refractivity contribution in [2.24, 2.45) is 0 Å². The number of esters is 2. The zero-order valence-electron chi connectivity index (χ0n) is 16.1. The summed E-state index contributed by atoms with van der Waals surface area (Å²) in [4.78, 5) is 41.1. The molecule has 0 aliphatic rings. The van der Waals surface area contributed by atoms with E-state index in [0.29, 0.717) is 21.8 Å². The highest BCUT2D eigenvalue weighted by Crippen LogP contribution is 2.35. The number of hydrogen-bond donors (Lipinski definition) is 2. The molecule has 0 aliphatic carbocycles. The van der Waals surface area contributed by atoms with Crippen molar-refractivity contribution >= 4 is 50.8 Å². The normalized spacial score (nSPS) is 10.6. The van der Waals surface area contributed by atoms with Crippen LogP contribution in [0.4, 0.5) is 11.4 Å². The topological polar surface area (TPSA) is 121 Å². The predicted octanol–water partition coefficient (Wildman–Crippen LogP) is 3.08. The average Bonchev–Trinajstić information content (AvgIpc) is 3.02. The third-order valence-corrected chi connectivity index (χ3v) is 5.21. The van der Waals surface area contributed by atoms with Gasteiger partial charge in [-0.1, -0.05) is 0 Å². The number of thiophene rings is 1. The Bertz CT molecular complexity index is 1110. The Morgan fingerprint density at radius 2 is 1.83 bits per heavy atom. The van der Waals surface area contributed by atoms with Crippen molar-refractivity contribution in [2.75, 3.05) is 24.8 Å². The number of fused-ring (bicyclic) bond motifs is 1. The van der Waals surface area contributed by atoms with Crippen LogP contribution in [-0.4, -0.2) is 36.5 Å². The van der Waals surface area contributed by atoms with E-state index in [0.717, 1.165) is 28.0 Å². The molecular weight excluding hydrogens is 394 g/mol. The van der Waals surface area contributed by atoms with Crippen molar-refractivity contribution in [3.63, 3.8) is 0 Å². The molecule has 0 saturated heterocycles. The van der Waals surface area contributed by atoms with E-state index >= 15 is 0 Å². The predicted molar refractivity (Wildman–Crippen MR) is 110 cm³/mol. The molecule has 150 valence electrons. The van der Waals surface area contributed by atoms with Gasteiger partial charge in [0, 0.05) is 16.8 Å². The van der Waals surface area contributed by atoms with E-state index in [1.165, 1.54) is 19.2 Å². The molecule has 0 unspecified atom stereocenters. The largest absolute Gasteiger partial charge is 0.465 e. The summed E-state index contributed by atoms with van der Waals surface area (Å²) >= 11 is 1.14. The number of methoxy groups -OCH3 is 1. The van der Waals surface area contributed by atoms with Crippen LogP contribution in [0.15, 0.2) is 30.3 Å². The Morgan fingerprint density at radius 1 is 1.14 bits per heavy atom. The summed E-state index contributed by atoms with van der Waals surface area (Å²) in [6, 6.07) is 8.02. The molecule has 2 heterocycles. The number of pyridine rings is 1. The smallest absolute Gasteiger partial charge is 0.351 e. The maximum absolute atomic E-state index is 12.4. The third-order valence-electron chi connectivity index (χ3n) is 4.13. The number of nitrogens with two attached hydrogens (primary N) is 1. The molecule has 0 radical (unpaired) electrons. The van der Waals surface area contributed by atoms with Gasteiger partial charge in [0.25, 0.3) is 5.91 Å². The number of rotatable bonds is 5. The Labute approximate surface area is 170 Å². The molecule has 0 aliphatic heterocycles.